The minimum absolute atomic E-state index is 0.0771. The molecule has 1 aliphatic heterocycles. The number of nitrogens with one attached hydrogen (secondary N) is 1. The molecular weight excluding hydrogens is 327 g/mol. The van der Waals surface area contributed by atoms with Crippen LogP contribution in [0.5, 0.6) is 0 Å². The van der Waals surface area contributed by atoms with Crippen molar-refractivity contribution in [1.29, 1.82) is 0 Å². The van der Waals surface area contributed by atoms with Crippen molar-refractivity contribution in [1.82, 2.24) is 0 Å². The van der Waals surface area contributed by atoms with E-state index < -0.39 is 17.7 Å². The number of hydrogen-bond donors (Lipinski definition) is 2. The van der Waals surface area contributed by atoms with Crippen molar-refractivity contribution in [3.8, 4) is 0 Å². The van der Waals surface area contributed by atoms with Crippen LogP contribution in [0.25, 0.3) is 0 Å². The summed E-state index contributed by atoms with van der Waals surface area (Å²) in [6, 6.07) is 10.2. The van der Waals surface area contributed by atoms with E-state index in [1.165, 1.54) is 24.3 Å². The Balaban J connectivity index is 1.85. The van der Waals surface area contributed by atoms with E-state index in [4.69, 9.17) is 4.74 Å². The Morgan fingerprint density at radius 3 is 2.48 bits per heavy atom. The quantitative estimate of drug-likeness (QED) is 0.891. The molecule has 0 aliphatic carbocycles. The first kappa shape index (κ1) is 16.9. The Bertz CT molecular complexity index is 803. The van der Waals surface area contributed by atoms with Crippen molar-refractivity contribution in [2.24, 2.45) is 0 Å². The number of carboxylic acid groups (broad SMARTS) is 1. The molecule has 0 aromatic heterocycles. The first-order chi connectivity index (χ1) is 12.1. The van der Waals surface area contributed by atoms with Gasteiger partial charge < -0.3 is 20.1 Å². The van der Waals surface area contributed by atoms with Crippen molar-refractivity contribution in [2.45, 2.75) is 0 Å². The molecule has 7 heteroatoms. The minimum Gasteiger partial charge on any atom is -0.478 e. The molecule has 1 amide bonds. The number of anilines is 2. The van der Waals surface area contributed by atoms with Crippen LogP contribution in [0.4, 0.5) is 15.8 Å². The van der Waals surface area contributed by atoms with Gasteiger partial charge in [-0.25, -0.2) is 9.18 Å². The van der Waals surface area contributed by atoms with E-state index in [1.807, 2.05) is 4.90 Å². The van der Waals surface area contributed by atoms with E-state index in [9.17, 15) is 19.1 Å². The van der Waals surface area contributed by atoms with Crippen LogP contribution in [0, 0.1) is 5.82 Å². The molecule has 0 spiro atoms. The summed E-state index contributed by atoms with van der Waals surface area (Å²) in [5.74, 6) is -2.36. The fourth-order valence-electron chi connectivity index (χ4n) is 2.71. The van der Waals surface area contributed by atoms with Crippen LogP contribution in [0.3, 0.4) is 0 Å². The Morgan fingerprint density at radius 1 is 1.08 bits per heavy atom. The predicted molar refractivity (Wildman–Crippen MR) is 90.8 cm³/mol. The molecule has 1 aliphatic rings. The number of carbonyl (C=O) groups is 2. The second-order valence-corrected chi connectivity index (χ2v) is 5.57. The third kappa shape index (κ3) is 3.77. The maximum absolute atomic E-state index is 13.7. The van der Waals surface area contributed by atoms with E-state index in [1.54, 1.807) is 18.2 Å². The number of aromatic carboxylic acids is 1. The van der Waals surface area contributed by atoms with Crippen LogP contribution in [0.1, 0.15) is 20.7 Å². The summed E-state index contributed by atoms with van der Waals surface area (Å²) >= 11 is 0. The molecule has 130 valence electrons. The smallest absolute Gasteiger partial charge is 0.337 e. The average molecular weight is 344 g/mol. The first-order valence-corrected chi connectivity index (χ1v) is 7.82. The lowest BCUT2D eigenvalue weighted by molar-refractivity contribution is 0.0696. The summed E-state index contributed by atoms with van der Waals surface area (Å²) in [4.78, 5) is 25.7. The van der Waals surface area contributed by atoms with Gasteiger partial charge in [-0.3, -0.25) is 4.79 Å². The number of rotatable bonds is 4. The van der Waals surface area contributed by atoms with Crippen molar-refractivity contribution in [3.05, 3.63) is 59.4 Å². The summed E-state index contributed by atoms with van der Waals surface area (Å²) in [5, 5.41) is 12.0. The molecular formula is C18H17FN2O4. The van der Waals surface area contributed by atoms with Crippen LogP contribution < -0.4 is 10.2 Å². The Hall–Kier alpha value is -2.93. The lowest BCUT2D eigenvalue weighted by Crippen LogP contribution is -2.37. The van der Waals surface area contributed by atoms with E-state index >= 15 is 0 Å². The highest BCUT2D eigenvalue weighted by atomic mass is 19.1. The molecule has 25 heavy (non-hydrogen) atoms. The highest BCUT2D eigenvalue weighted by Crippen LogP contribution is 2.26. The number of amides is 1. The molecule has 2 aromatic carbocycles. The number of ether oxygens (including phenoxy) is 1. The van der Waals surface area contributed by atoms with Crippen molar-refractivity contribution < 1.29 is 23.8 Å². The number of halogens is 1. The second-order valence-electron chi connectivity index (χ2n) is 5.57. The van der Waals surface area contributed by atoms with E-state index in [0.29, 0.717) is 37.7 Å². The van der Waals surface area contributed by atoms with Gasteiger partial charge in [-0.2, -0.15) is 0 Å². The van der Waals surface area contributed by atoms with Crippen molar-refractivity contribution in [3.63, 3.8) is 0 Å². The van der Waals surface area contributed by atoms with Gasteiger partial charge in [0.15, 0.2) is 0 Å². The van der Waals surface area contributed by atoms with Gasteiger partial charge in [-0.05, 0) is 30.3 Å². The second kappa shape index (κ2) is 7.31. The zero-order valence-electron chi connectivity index (χ0n) is 13.4. The lowest BCUT2D eigenvalue weighted by atomic mass is 10.1. The van der Waals surface area contributed by atoms with Gasteiger partial charge in [-0.15, -0.1) is 0 Å². The number of benzene rings is 2. The number of carboxylic acids is 1. The summed E-state index contributed by atoms with van der Waals surface area (Å²) in [6.07, 6.45) is 0. The molecule has 0 atom stereocenters. The fraction of sp³-hybridized carbons (Fsp3) is 0.222. The van der Waals surface area contributed by atoms with Crippen LogP contribution in [-0.4, -0.2) is 43.3 Å². The molecule has 0 bridgehead atoms. The average Bonchev–Trinajstić information content (AvgIpc) is 2.62. The topological polar surface area (TPSA) is 78.9 Å². The van der Waals surface area contributed by atoms with Crippen LogP contribution in [0.2, 0.25) is 0 Å². The van der Waals surface area contributed by atoms with Gasteiger partial charge in [0.25, 0.3) is 5.91 Å². The predicted octanol–water partition coefficient (Wildman–Crippen LogP) is 2.61. The number of carbonyl (C=O) groups excluding carboxylic acids is 1. The molecule has 1 fully saturated rings. The summed E-state index contributed by atoms with van der Waals surface area (Å²) in [6.45, 7) is 2.26. The van der Waals surface area contributed by atoms with Gasteiger partial charge in [0.05, 0.1) is 30.0 Å². The Kier molecular flexibility index (Phi) is 4.95. The first-order valence-electron chi connectivity index (χ1n) is 7.82. The normalized spacial score (nSPS) is 14.2. The molecule has 2 aromatic rings. The van der Waals surface area contributed by atoms with Gasteiger partial charge in [-0.1, -0.05) is 12.1 Å². The standard InChI is InChI=1S/C18H17FN2O4/c19-15-4-2-1-3-13(15)17(22)20-12-5-6-16(14(11-12)18(23)24)21-7-9-25-10-8-21/h1-6,11H,7-10H2,(H,20,22)(H,23,24). The van der Waals surface area contributed by atoms with Crippen LogP contribution >= 0.6 is 0 Å². The zero-order valence-corrected chi connectivity index (χ0v) is 13.4. The Morgan fingerprint density at radius 2 is 1.80 bits per heavy atom. The molecule has 3 rings (SSSR count). The largest absolute Gasteiger partial charge is 0.478 e. The maximum atomic E-state index is 13.7. The summed E-state index contributed by atoms with van der Waals surface area (Å²) in [5.41, 5.74) is 0.840. The van der Waals surface area contributed by atoms with E-state index in [0.717, 1.165) is 0 Å². The van der Waals surface area contributed by atoms with Gasteiger partial charge in [0.2, 0.25) is 0 Å². The Labute approximate surface area is 143 Å². The number of nitrogens with zero attached hydrogens (tertiary/aromatic N) is 1. The molecule has 1 saturated heterocycles. The van der Waals surface area contributed by atoms with Crippen LogP contribution in [0.15, 0.2) is 42.5 Å². The molecule has 0 unspecified atom stereocenters. The molecule has 6 nitrogen and oxygen atoms in total. The van der Waals surface area contributed by atoms with E-state index in [2.05, 4.69) is 5.32 Å². The molecule has 0 saturated carbocycles. The third-order valence-corrected chi connectivity index (χ3v) is 3.96. The number of morpholine rings is 1. The third-order valence-electron chi connectivity index (χ3n) is 3.96. The highest BCUT2D eigenvalue weighted by Gasteiger charge is 2.20. The van der Waals surface area contributed by atoms with Crippen molar-refractivity contribution >= 4 is 23.3 Å². The van der Waals surface area contributed by atoms with Gasteiger partial charge in [0.1, 0.15) is 5.82 Å². The summed E-state index contributed by atoms with van der Waals surface area (Å²) < 4.78 is 19.0. The zero-order chi connectivity index (χ0) is 17.8. The lowest BCUT2D eigenvalue weighted by Gasteiger charge is -2.30. The maximum Gasteiger partial charge on any atom is 0.337 e. The summed E-state index contributed by atoms with van der Waals surface area (Å²) in [7, 11) is 0. The van der Waals surface area contributed by atoms with Gasteiger partial charge in [0, 0.05) is 18.8 Å². The SMILES string of the molecule is O=C(Nc1ccc(N2CCOCC2)c(C(=O)O)c1)c1ccccc1F. The van der Waals surface area contributed by atoms with Crippen LogP contribution in [-0.2, 0) is 4.74 Å². The molecule has 1 heterocycles. The number of hydrogen-bond acceptors (Lipinski definition) is 4. The monoisotopic (exact) mass is 344 g/mol. The van der Waals surface area contributed by atoms with E-state index in [-0.39, 0.29) is 11.1 Å². The van der Waals surface area contributed by atoms with Gasteiger partial charge >= 0.3 is 5.97 Å². The van der Waals surface area contributed by atoms with Crippen molar-refractivity contribution in [2.75, 3.05) is 36.5 Å². The highest BCUT2D eigenvalue weighted by molar-refractivity contribution is 6.05. The molecule has 2 N–H and O–H groups in total. The molecule has 0 radical (unpaired) electrons. The minimum atomic E-state index is -1.09. The fourth-order valence-corrected chi connectivity index (χ4v) is 2.71.